The summed E-state index contributed by atoms with van der Waals surface area (Å²) in [5, 5.41) is 5.79. The molecular formula is C22H22ClNO3. The van der Waals surface area contributed by atoms with E-state index in [1.54, 1.807) is 19.1 Å². The van der Waals surface area contributed by atoms with Crippen LogP contribution in [0.4, 0.5) is 0 Å². The number of rotatable bonds is 7. The summed E-state index contributed by atoms with van der Waals surface area (Å²) in [7, 11) is 0. The Kier molecular flexibility index (Phi) is 6.20. The van der Waals surface area contributed by atoms with Crippen LogP contribution in [-0.2, 0) is 4.79 Å². The highest BCUT2D eigenvalue weighted by Crippen LogP contribution is 2.22. The average Bonchev–Trinajstić information content (AvgIpc) is 2.67. The van der Waals surface area contributed by atoms with E-state index in [2.05, 4.69) is 11.4 Å². The molecule has 0 aliphatic rings. The second-order valence-corrected chi connectivity index (χ2v) is 6.73. The van der Waals surface area contributed by atoms with E-state index in [4.69, 9.17) is 21.1 Å². The SMILES string of the molecule is Cc1cc(OC(C)C(=O)NCCOc2ccc3ccccc3c2)ccc1Cl. The van der Waals surface area contributed by atoms with E-state index < -0.39 is 6.10 Å². The lowest BCUT2D eigenvalue weighted by Crippen LogP contribution is -2.38. The molecule has 0 fully saturated rings. The number of fused-ring (bicyclic) bond motifs is 1. The summed E-state index contributed by atoms with van der Waals surface area (Å²) >= 11 is 6.00. The molecule has 1 unspecified atom stereocenters. The zero-order valence-corrected chi connectivity index (χ0v) is 16.1. The van der Waals surface area contributed by atoms with Crippen molar-refractivity contribution in [3.8, 4) is 11.5 Å². The summed E-state index contributed by atoms with van der Waals surface area (Å²) in [4.78, 5) is 12.2. The van der Waals surface area contributed by atoms with Gasteiger partial charge in [-0.1, -0.05) is 41.9 Å². The van der Waals surface area contributed by atoms with Gasteiger partial charge in [-0.25, -0.2) is 0 Å². The Morgan fingerprint density at radius 2 is 1.78 bits per heavy atom. The highest BCUT2D eigenvalue weighted by molar-refractivity contribution is 6.31. The van der Waals surface area contributed by atoms with Gasteiger partial charge in [0, 0.05) is 5.02 Å². The van der Waals surface area contributed by atoms with E-state index in [0.29, 0.717) is 23.9 Å². The molecule has 3 aromatic rings. The number of hydrogen-bond donors (Lipinski definition) is 1. The minimum Gasteiger partial charge on any atom is -0.492 e. The summed E-state index contributed by atoms with van der Waals surface area (Å²) in [6.07, 6.45) is -0.605. The van der Waals surface area contributed by atoms with Crippen molar-refractivity contribution in [2.75, 3.05) is 13.2 Å². The number of aryl methyl sites for hydroxylation is 1. The number of benzene rings is 3. The molecule has 1 N–H and O–H groups in total. The van der Waals surface area contributed by atoms with Crippen molar-refractivity contribution in [1.82, 2.24) is 5.32 Å². The first-order valence-corrected chi connectivity index (χ1v) is 9.23. The van der Waals surface area contributed by atoms with Gasteiger partial charge in [-0.3, -0.25) is 4.79 Å². The van der Waals surface area contributed by atoms with Crippen LogP contribution in [0.1, 0.15) is 12.5 Å². The van der Waals surface area contributed by atoms with Crippen molar-refractivity contribution in [3.63, 3.8) is 0 Å². The minimum atomic E-state index is -0.605. The predicted octanol–water partition coefficient (Wildman–Crippen LogP) is 4.76. The first kappa shape index (κ1) is 19.1. The maximum Gasteiger partial charge on any atom is 0.260 e. The summed E-state index contributed by atoms with van der Waals surface area (Å²) in [5.41, 5.74) is 0.908. The lowest BCUT2D eigenvalue weighted by Gasteiger charge is -2.15. The number of nitrogens with one attached hydrogen (secondary N) is 1. The summed E-state index contributed by atoms with van der Waals surface area (Å²) in [6.45, 7) is 4.39. The fourth-order valence-electron chi connectivity index (χ4n) is 2.69. The van der Waals surface area contributed by atoms with Gasteiger partial charge in [0.1, 0.15) is 18.1 Å². The standard InChI is InChI=1S/C22H22ClNO3/c1-15-13-20(9-10-21(15)23)27-16(2)22(25)24-11-12-26-19-8-7-17-5-3-4-6-18(17)14-19/h3-10,13-14,16H,11-12H2,1-2H3,(H,24,25). The van der Waals surface area contributed by atoms with Gasteiger partial charge in [0.05, 0.1) is 6.54 Å². The topological polar surface area (TPSA) is 47.6 Å². The Bertz CT molecular complexity index is 942. The highest BCUT2D eigenvalue weighted by Gasteiger charge is 2.14. The third-order valence-corrected chi connectivity index (χ3v) is 4.63. The van der Waals surface area contributed by atoms with Crippen LogP contribution in [-0.4, -0.2) is 25.2 Å². The van der Waals surface area contributed by atoms with Crippen LogP contribution >= 0.6 is 11.6 Å². The van der Waals surface area contributed by atoms with Gasteiger partial charge in [-0.2, -0.15) is 0 Å². The third-order valence-electron chi connectivity index (χ3n) is 4.20. The van der Waals surface area contributed by atoms with Crippen molar-refractivity contribution in [1.29, 1.82) is 0 Å². The van der Waals surface area contributed by atoms with Gasteiger partial charge in [-0.15, -0.1) is 0 Å². The molecule has 0 aliphatic heterocycles. The van der Waals surface area contributed by atoms with Gasteiger partial charge in [0.2, 0.25) is 0 Å². The Hall–Kier alpha value is -2.72. The molecule has 4 nitrogen and oxygen atoms in total. The number of carbonyl (C=O) groups excluding carboxylic acids is 1. The van der Waals surface area contributed by atoms with E-state index in [9.17, 15) is 4.79 Å². The van der Waals surface area contributed by atoms with Crippen LogP contribution in [0.25, 0.3) is 10.8 Å². The van der Waals surface area contributed by atoms with Crippen molar-refractivity contribution in [2.24, 2.45) is 0 Å². The predicted molar refractivity (Wildman–Crippen MR) is 109 cm³/mol. The molecule has 1 amide bonds. The van der Waals surface area contributed by atoms with E-state index in [-0.39, 0.29) is 5.91 Å². The maximum absolute atomic E-state index is 12.2. The zero-order valence-electron chi connectivity index (χ0n) is 15.4. The Morgan fingerprint density at radius 1 is 1.04 bits per heavy atom. The molecule has 0 spiro atoms. The van der Waals surface area contributed by atoms with E-state index in [1.165, 1.54) is 5.39 Å². The Labute approximate surface area is 164 Å². The van der Waals surface area contributed by atoms with Crippen LogP contribution in [0.15, 0.2) is 60.7 Å². The van der Waals surface area contributed by atoms with Gasteiger partial charge >= 0.3 is 0 Å². The van der Waals surface area contributed by atoms with Gasteiger partial charge in [0.15, 0.2) is 6.10 Å². The van der Waals surface area contributed by atoms with Crippen LogP contribution in [0, 0.1) is 6.92 Å². The van der Waals surface area contributed by atoms with Crippen LogP contribution in [0.5, 0.6) is 11.5 Å². The summed E-state index contributed by atoms with van der Waals surface area (Å²) in [5.74, 6) is 1.21. The second kappa shape index (κ2) is 8.78. The molecule has 0 aliphatic carbocycles. The number of ether oxygens (including phenoxy) is 2. The quantitative estimate of drug-likeness (QED) is 0.598. The van der Waals surface area contributed by atoms with Crippen LogP contribution < -0.4 is 14.8 Å². The second-order valence-electron chi connectivity index (χ2n) is 6.32. The smallest absolute Gasteiger partial charge is 0.260 e. The fourth-order valence-corrected chi connectivity index (χ4v) is 2.81. The lowest BCUT2D eigenvalue weighted by atomic mass is 10.1. The molecule has 0 aromatic heterocycles. The highest BCUT2D eigenvalue weighted by atomic mass is 35.5. The normalized spacial score (nSPS) is 11.8. The molecule has 0 bridgehead atoms. The van der Waals surface area contributed by atoms with Crippen LogP contribution in [0.3, 0.4) is 0 Å². The number of halogens is 1. The lowest BCUT2D eigenvalue weighted by molar-refractivity contribution is -0.127. The van der Waals surface area contributed by atoms with E-state index >= 15 is 0 Å². The fraction of sp³-hybridized carbons (Fsp3) is 0.227. The summed E-state index contributed by atoms with van der Waals surface area (Å²) < 4.78 is 11.4. The first-order valence-electron chi connectivity index (χ1n) is 8.85. The van der Waals surface area contributed by atoms with Crippen molar-refractivity contribution in [3.05, 3.63) is 71.2 Å². The van der Waals surface area contributed by atoms with Crippen molar-refractivity contribution >= 4 is 28.3 Å². The molecular weight excluding hydrogens is 362 g/mol. The summed E-state index contributed by atoms with van der Waals surface area (Å²) in [6, 6.07) is 19.4. The first-order chi connectivity index (χ1) is 13.0. The van der Waals surface area contributed by atoms with Gasteiger partial charge in [-0.05, 0) is 60.5 Å². The molecule has 140 valence electrons. The molecule has 3 aromatic carbocycles. The molecule has 27 heavy (non-hydrogen) atoms. The number of amides is 1. The van der Waals surface area contributed by atoms with Gasteiger partial charge in [0.25, 0.3) is 5.91 Å². The minimum absolute atomic E-state index is 0.190. The monoisotopic (exact) mass is 383 g/mol. The number of carbonyl (C=O) groups is 1. The van der Waals surface area contributed by atoms with Crippen LogP contribution in [0.2, 0.25) is 5.02 Å². The largest absolute Gasteiger partial charge is 0.492 e. The maximum atomic E-state index is 12.2. The number of hydrogen-bond acceptors (Lipinski definition) is 3. The van der Waals surface area contributed by atoms with Crippen molar-refractivity contribution < 1.29 is 14.3 Å². The van der Waals surface area contributed by atoms with Crippen molar-refractivity contribution in [2.45, 2.75) is 20.0 Å². The van der Waals surface area contributed by atoms with Gasteiger partial charge < -0.3 is 14.8 Å². The Balaban J connectivity index is 1.44. The molecule has 0 saturated carbocycles. The molecule has 3 rings (SSSR count). The zero-order chi connectivity index (χ0) is 19.2. The molecule has 0 radical (unpaired) electrons. The molecule has 0 saturated heterocycles. The molecule has 1 atom stereocenters. The third kappa shape index (κ3) is 5.14. The Morgan fingerprint density at radius 3 is 2.56 bits per heavy atom. The van der Waals surface area contributed by atoms with E-state index in [1.807, 2.05) is 49.4 Å². The molecule has 0 heterocycles. The van der Waals surface area contributed by atoms with E-state index in [0.717, 1.165) is 16.7 Å². The molecule has 5 heteroatoms. The average molecular weight is 384 g/mol.